The summed E-state index contributed by atoms with van der Waals surface area (Å²) in [5.41, 5.74) is 2.66. The number of nitrogens with zero attached hydrogens (tertiary/aromatic N) is 6. The Kier molecular flexibility index (Phi) is 4.70. The Morgan fingerprint density at radius 1 is 1.10 bits per heavy atom. The first-order valence-electron chi connectivity index (χ1n) is 10.1. The fraction of sp³-hybridized carbons (Fsp3) is 0.227. The molecule has 0 unspecified atom stereocenters. The molecule has 0 saturated carbocycles. The van der Waals surface area contributed by atoms with Gasteiger partial charge in [0.1, 0.15) is 5.69 Å². The van der Waals surface area contributed by atoms with Crippen molar-refractivity contribution < 1.29 is 9.59 Å². The third-order valence-electron chi connectivity index (χ3n) is 5.52. The molecule has 5 rings (SSSR count). The molecule has 156 valence electrons. The molecule has 9 nitrogen and oxygen atoms in total. The molecular formula is C22H21N7O2. The predicted octanol–water partition coefficient (Wildman–Crippen LogP) is 2.63. The largest absolute Gasteiger partial charge is 0.339 e. The molecule has 1 N–H and O–H groups in total. The Hall–Kier alpha value is -4.01. The molecule has 0 radical (unpaired) electrons. The van der Waals surface area contributed by atoms with E-state index in [1.165, 1.54) is 11.1 Å². The van der Waals surface area contributed by atoms with Crippen molar-refractivity contribution in [2.75, 3.05) is 25.0 Å². The highest BCUT2D eigenvalue weighted by Gasteiger charge is 2.28. The SMILES string of the molecule is CN(C(=O)c1[nH]ncc1C(=O)N1CCCC1)c1ccn2nc(-c3ccccc3)nc2c1. The molecule has 1 aliphatic rings. The van der Waals surface area contributed by atoms with Gasteiger partial charge in [0.2, 0.25) is 0 Å². The van der Waals surface area contributed by atoms with Crippen LogP contribution in [-0.4, -0.2) is 61.6 Å². The predicted molar refractivity (Wildman–Crippen MR) is 115 cm³/mol. The third kappa shape index (κ3) is 3.43. The van der Waals surface area contributed by atoms with E-state index >= 15 is 0 Å². The lowest BCUT2D eigenvalue weighted by atomic mass is 10.2. The van der Waals surface area contributed by atoms with Gasteiger partial charge in [0.25, 0.3) is 11.8 Å². The van der Waals surface area contributed by atoms with Gasteiger partial charge in [-0.3, -0.25) is 14.7 Å². The number of likely N-dealkylation sites (tertiary alicyclic amines) is 1. The van der Waals surface area contributed by atoms with Crippen molar-refractivity contribution in [3.63, 3.8) is 0 Å². The second-order valence-corrected chi connectivity index (χ2v) is 7.51. The van der Waals surface area contributed by atoms with Gasteiger partial charge in [0.15, 0.2) is 11.5 Å². The number of nitrogens with one attached hydrogen (secondary N) is 1. The summed E-state index contributed by atoms with van der Waals surface area (Å²) in [6.07, 6.45) is 5.15. The van der Waals surface area contributed by atoms with Crippen LogP contribution in [0.4, 0.5) is 5.69 Å². The monoisotopic (exact) mass is 415 g/mol. The van der Waals surface area contributed by atoms with Crippen molar-refractivity contribution in [3.05, 3.63) is 66.1 Å². The molecule has 1 aliphatic heterocycles. The lowest BCUT2D eigenvalue weighted by molar-refractivity contribution is 0.0786. The molecule has 3 aromatic heterocycles. The number of rotatable bonds is 4. The van der Waals surface area contributed by atoms with Gasteiger partial charge in [-0.05, 0) is 18.9 Å². The van der Waals surface area contributed by atoms with Gasteiger partial charge in [0, 0.05) is 43.7 Å². The Morgan fingerprint density at radius 3 is 2.65 bits per heavy atom. The van der Waals surface area contributed by atoms with E-state index in [0.29, 0.717) is 35.8 Å². The number of aromatic amines is 1. The zero-order valence-corrected chi connectivity index (χ0v) is 17.0. The summed E-state index contributed by atoms with van der Waals surface area (Å²) in [7, 11) is 1.66. The number of hydrogen-bond acceptors (Lipinski definition) is 5. The van der Waals surface area contributed by atoms with Gasteiger partial charge in [-0.1, -0.05) is 30.3 Å². The quantitative estimate of drug-likeness (QED) is 0.552. The zero-order chi connectivity index (χ0) is 21.4. The molecule has 9 heteroatoms. The number of aromatic nitrogens is 5. The van der Waals surface area contributed by atoms with Crippen molar-refractivity contribution in [3.8, 4) is 11.4 Å². The van der Waals surface area contributed by atoms with Crippen LogP contribution in [0.2, 0.25) is 0 Å². The van der Waals surface area contributed by atoms with Crippen molar-refractivity contribution in [1.29, 1.82) is 0 Å². The summed E-state index contributed by atoms with van der Waals surface area (Å²) in [6, 6.07) is 13.3. The lowest BCUT2D eigenvalue weighted by Gasteiger charge is -2.18. The van der Waals surface area contributed by atoms with Gasteiger partial charge < -0.3 is 9.80 Å². The summed E-state index contributed by atoms with van der Waals surface area (Å²) < 4.78 is 1.67. The molecule has 0 aliphatic carbocycles. The van der Waals surface area contributed by atoms with Crippen molar-refractivity contribution >= 4 is 23.1 Å². The first-order valence-corrected chi connectivity index (χ1v) is 10.1. The van der Waals surface area contributed by atoms with Crippen LogP contribution in [0.5, 0.6) is 0 Å². The number of anilines is 1. The molecule has 0 bridgehead atoms. The Bertz CT molecular complexity index is 1260. The first kappa shape index (κ1) is 19.0. The molecule has 1 fully saturated rings. The van der Waals surface area contributed by atoms with E-state index in [1.54, 1.807) is 34.8 Å². The second-order valence-electron chi connectivity index (χ2n) is 7.51. The standard InChI is InChI=1S/C22H21N7O2/c1-27(22(31)19-17(14-23-25-19)21(30)28-10-5-6-11-28)16-9-12-29-18(13-16)24-20(26-29)15-7-3-2-4-8-15/h2-4,7-9,12-14H,5-6,10-11H2,1H3,(H,23,25). The Labute approximate surface area is 178 Å². The van der Waals surface area contributed by atoms with Crippen LogP contribution in [0.3, 0.4) is 0 Å². The Morgan fingerprint density at radius 2 is 1.87 bits per heavy atom. The molecule has 0 spiro atoms. The molecule has 2 amide bonds. The van der Waals surface area contributed by atoms with E-state index in [2.05, 4.69) is 20.3 Å². The molecule has 1 saturated heterocycles. The topological polar surface area (TPSA) is 99.5 Å². The zero-order valence-electron chi connectivity index (χ0n) is 17.0. The minimum Gasteiger partial charge on any atom is -0.339 e. The van der Waals surface area contributed by atoms with E-state index in [9.17, 15) is 9.59 Å². The molecule has 0 atom stereocenters. The number of pyridine rings is 1. The number of H-pyrrole nitrogens is 1. The van der Waals surface area contributed by atoms with E-state index in [1.807, 2.05) is 30.3 Å². The van der Waals surface area contributed by atoms with E-state index in [-0.39, 0.29) is 17.5 Å². The van der Waals surface area contributed by atoms with E-state index < -0.39 is 0 Å². The fourth-order valence-corrected chi connectivity index (χ4v) is 3.78. The normalized spacial score (nSPS) is 13.6. The molecule has 4 aromatic rings. The van der Waals surface area contributed by atoms with Crippen LogP contribution < -0.4 is 4.90 Å². The smallest absolute Gasteiger partial charge is 0.276 e. The number of carbonyl (C=O) groups excluding carboxylic acids is 2. The van der Waals surface area contributed by atoms with E-state index in [0.717, 1.165) is 18.4 Å². The molecule has 1 aromatic carbocycles. The Balaban J connectivity index is 1.42. The van der Waals surface area contributed by atoms with Crippen molar-refractivity contribution in [2.45, 2.75) is 12.8 Å². The van der Waals surface area contributed by atoms with Crippen LogP contribution >= 0.6 is 0 Å². The van der Waals surface area contributed by atoms with Gasteiger partial charge in [-0.25, -0.2) is 9.50 Å². The summed E-state index contributed by atoms with van der Waals surface area (Å²) in [4.78, 5) is 33.7. The molecular weight excluding hydrogens is 394 g/mol. The average molecular weight is 415 g/mol. The summed E-state index contributed by atoms with van der Waals surface area (Å²) >= 11 is 0. The fourth-order valence-electron chi connectivity index (χ4n) is 3.78. The highest BCUT2D eigenvalue weighted by Crippen LogP contribution is 2.22. The van der Waals surface area contributed by atoms with Crippen LogP contribution in [0.1, 0.15) is 33.7 Å². The van der Waals surface area contributed by atoms with Crippen LogP contribution in [0.25, 0.3) is 17.0 Å². The minimum atomic E-state index is -0.341. The van der Waals surface area contributed by atoms with Crippen LogP contribution in [0, 0.1) is 0 Å². The van der Waals surface area contributed by atoms with E-state index in [4.69, 9.17) is 0 Å². The maximum Gasteiger partial charge on any atom is 0.276 e. The van der Waals surface area contributed by atoms with Crippen LogP contribution in [-0.2, 0) is 0 Å². The first-order chi connectivity index (χ1) is 15.1. The number of fused-ring (bicyclic) bond motifs is 1. The molecule has 4 heterocycles. The maximum atomic E-state index is 13.2. The number of hydrogen-bond donors (Lipinski definition) is 1. The van der Waals surface area contributed by atoms with Gasteiger partial charge in [-0.2, -0.15) is 5.10 Å². The number of benzene rings is 1. The number of amides is 2. The van der Waals surface area contributed by atoms with Crippen molar-refractivity contribution in [1.82, 2.24) is 29.7 Å². The summed E-state index contributed by atoms with van der Waals surface area (Å²) in [6.45, 7) is 1.42. The van der Waals surface area contributed by atoms with Crippen molar-refractivity contribution in [2.24, 2.45) is 0 Å². The lowest BCUT2D eigenvalue weighted by Crippen LogP contribution is -2.32. The summed E-state index contributed by atoms with van der Waals surface area (Å²) in [5.74, 6) is 0.106. The van der Waals surface area contributed by atoms with Gasteiger partial charge >= 0.3 is 0 Å². The van der Waals surface area contributed by atoms with Gasteiger partial charge in [0.05, 0.1) is 11.8 Å². The summed E-state index contributed by atoms with van der Waals surface area (Å²) in [5, 5.41) is 11.1. The third-order valence-corrected chi connectivity index (χ3v) is 5.52. The average Bonchev–Trinajstić information content (AvgIpc) is 3.58. The highest BCUT2D eigenvalue weighted by molar-refractivity contribution is 6.11. The van der Waals surface area contributed by atoms with Crippen LogP contribution in [0.15, 0.2) is 54.9 Å². The molecule has 31 heavy (non-hydrogen) atoms. The minimum absolute atomic E-state index is 0.164. The van der Waals surface area contributed by atoms with Gasteiger partial charge in [-0.15, -0.1) is 5.10 Å². The number of carbonyl (C=O) groups is 2. The maximum absolute atomic E-state index is 13.2. The second kappa shape index (κ2) is 7.67. The highest BCUT2D eigenvalue weighted by atomic mass is 16.2.